The zero-order chi connectivity index (χ0) is 10.9. The van der Waals surface area contributed by atoms with Crippen LogP contribution in [0.1, 0.15) is 37.3 Å². The largest absolute Gasteiger partial charge is 0.296 e. The van der Waals surface area contributed by atoms with Crippen LogP contribution in [0, 0.1) is 0 Å². The molecule has 1 aliphatic heterocycles. The number of thioether (sulfide) groups is 1. The molecule has 1 atom stereocenters. The van der Waals surface area contributed by atoms with E-state index in [-0.39, 0.29) is 5.54 Å². The highest BCUT2D eigenvalue weighted by molar-refractivity contribution is 7.99. The summed E-state index contributed by atoms with van der Waals surface area (Å²) < 4.78 is 0. The van der Waals surface area contributed by atoms with E-state index < -0.39 is 0 Å². The molecule has 1 aromatic rings. The Hall–Kier alpha value is -0.470. The third-order valence-electron chi connectivity index (χ3n) is 2.82. The fraction of sp³-hybridized carbons (Fsp3) is 0.538. The average Bonchev–Trinajstić information content (AvgIpc) is 2.59. The standard InChI is InChI=1S/C13H19NS/c1-4-10-5-7-11(8-6-10)12-14-13(2,3)9-15-12/h5-8,12,14H,4,9H2,1-3H3. The summed E-state index contributed by atoms with van der Waals surface area (Å²) in [6.07, 6.45) is 1.12. The number of hydrogen-bond acceptors (Lipinski definition) is 2. The summed E-state index contributed by atoms with van der Waals surface area (Å²) in [5.41, 5.74) is 3.10. The van der Waals surface area contributed by atoms with E-state index in [1.54, 1.807) is 0 Å². The van der Waals surface area contributed by atoms with Crippen LogP contribution in [-0.2, 0) is 6.42 Å². The van der Waals surface area contributed by atoms with Crippen molar-refractivity contribution >= 4 is 11.8 Å². The van der Waals surface area contributed by atoms with Crippen molar-refractivity contribution < 1.29 is 0 Å². The van der Waals surface area contributed by atoms with Gasteiger partial charge in [-0.15, -0.1) is 11.8 Å². The topological polar surface area (TPSA) is 12.0 Å². The highest BCUT2D eigenvalue weighted by Crippen LogP contribution is 2.37. The number of rotatable bonds is 2. The molecule has 1 nitrogen and oxygen atoms in total. The molecule has 0 bridgehead atoms. The third kappa shape index (κ3) is 2.56. The van der Waals surface area contributed by atoms with Crippen molar-refractivity contribution in [1.82, 2.24) is 5.32 Å². The van der Waals surface area contributed by atoms with E-state index in [1.807, 2.05) is 11.8 Å². The van der Waals surface area contributed by atoms with Crippen LogP contribution in [0.15, 0.2) is 24.3 Å². The van der Waals surface area contributed by atoms with Gasteiger partial charge in [-0.3, -0.25) is 5.32 Å². The summed E-state index contributed by atoms with van der Waals surface area (Å²) in [6.45, 7) is 6.72. The monoisotopic (exact) mass is 221 g/mol. The van der Waals surface area contributed by atoms with Crippen LogP contribution in [0.2, 0.25) is 0 Å². The SMILES string of the molecule is CCc1ccc(C2NC(C)(C)CS2)cc1. The fourth-order valence-electron chi connectivity index (χ4n) is 1.84. The maximum Gasteiger partial charge on any atom is 0.0794 e. The Kier molecular flexibility index (Phi) is 3.08. The summed E-state index contributed by atoms with van der Waals surface area (Å²) in [4.78, 5) is 0. The van der Waals surface area contributed by atoms with Gasteiger partial charge in [-0.1, -0.05) is 31.2 Å². The van der Waals surface area contributed by atoms with Gasteiger partial charge >= 0.3 is 0 Å². The smallest absolute Gasteiger partial charge is 0.0794 e. The van der Waals surface area contributed by atoms with Gasteiger partial charge in [-0.2, -0.15) is 0 Å². The number of nitrogens with one attached hydrogen (secondary N) is 1. The normalized spacial score (nSPS) is 24.3. The van der Waals surface area contributed by atoms with E-state index in [1.165, 1.54) is 16.9 Å². The zero-order valence-corrected chi connectivity index (χ0v) is 10.5. The Morgan fingerprint density at radius 3 is 2.47 bits per heavy atom. The summed E-state index contributed by atoms with van der Waals surface area (Å²) >= 11 is 2.00. The summed E-state index contributed by atoms with van der Waals surface area (Å²) in [6, 6.07) is 8.99. The molecule has 1 unspecified atom stereocenters. The van der Waals surface area contributed by atoms with Crippen LogP contribution in [0.3, 0.4) is 0 Å². The van der Waals surface area contributed by atoms with Crippen molar-refractivity contribution in [2.24, 2.45) is 0 Å². The first-order valence-electron chi connectivity index (χ1n) is 5.59. The van der Waals surface area contributed by atoms with Gasteiger partial charge in [0.15, 0.2) is 0 Å². The van der Waals surface area contributed by atoms with Crippen LogP contribution in [-0.4, -0.2) is 11.3 Å². The molecule has 0 spiro atoms. The first-order valence-corrected chi connectivity index (χ1v) is 6.64. The second kappa shape index (κ2) is 4.18. The van der Waals surface area contributed by atoms with Gasteiger partial charge in [0.25, 0.3) is 0 Å². The molecule has 1 saturated heterocycles. The quantitative estimate of drug-likeness (QED) is 0.822. The molecule has 1 heterocycles. The van der Waals surface area contributed by atoms with Crippen LogP contribution < -0.4 is 5.32 Å². The molecule has 0 radical (unpaired) electrons. The van der Waals surface area contributed by atoms with E-state index in [9.17, 15) is 0 Å². The van der Waals surface area contributed by atoms with Crippen LogP contribution in [0.5, 0.6) is 0 Å². The van der Waals surface area contributed by atoms with Crippen molar-refractivity contribution in [3.63, 3.8) is 0 Å². The molecule has 0 aliphatic carbocycles. The van der Waals surface area contributed by atoms with E-state index >= 15 is 0 Å². The van der Waals surface area contributed by atoms with Gasteiger partial charge in [-0.05, 0) is 31.4 Å². The Morgan fingerprint density at radius 1 is 1.33 bits per heavy atom. The minimum absolute atomic E-state index is 0.277. The molecule has 0 saturated carbocycles. The maximum atomic E-state index is 3.65. The van der Waals surface area contributed by atoms with Crippen LogP contribution in [0.4, 0.5) is 0 Å². The zero-order valence-electron chi connectivity index (χ0n) is 9.71. The van der Waals surface area contributed by atoms with E-state index in [4.69, 9.17) is 0 Å². The lowest BCUT2D eigenvalue weighted by Gasteiger charge is -2.19. The van der Waals surface area contributed by atoms with Gasteiger partial charge in [0.05, 0.1) is 5.37 Å². The predicted molar refractivity (Wildman–Crippen MR) is 68.2 cm³/mol. The second-order valence-electron chi connectivity index (χ2n) is 4.81. The molecular formula is C13H19NS. The predicted octanol–water partition coefficient (Wildman–Crippen LogP) is 3.36. The second-order valence-corrected chi connectivity index (χ2v) is 5.91. The van der Waals surface area contributed by atoms with Gasteiger partial charge in [-0.25, -0.2) is 0 Å². The molecule has 15 heavy (non-hydrogen) atoms. The highest BCUT2D eigenvalue weighted by atomic mass is 32.2. The summed E-state index contributed by atoms with van der Waals surface area (Å²) in [5, 5.41) is 4.12. The van der Waals surface area contributed by atoms with Gasteiger partial charge in [0.2, 0.25) is 0 Å². The molecule has 1 N–H and O–H groups in total. The fourth-order valence-corrected chi connectivity index (χ4v) is 3.26. The number of aryl methyl sites for hydroxylation is 1. The van der Waals surface area contributed by atoms with Gasteiger partial charge in [0.1, 0.15) is 0 Å². The van der Waals surface area contributed by atoms with E-state index in [0.29, 0.717) is 5.37 Å². The lowest BCUT2D eigenvalue weighted by atomic mass is 10.1. The molecule has 1 fully saturated rings. The molecule has 2 heteroatoms. The Balaban J connectivity index is 2.11. The van der Waals surface area contributed by atoms with Gasteiger partial charge < -0.3 is 0 Å². The first kappa shape index (κ1) is 11.0. The third-order valence-corrected chi connectivity index (χ3v) is 4.44. The summed E-state index contributed by atoms with van der Waals surface area (Å²) in [7, 11) is 0. The first-order chi connectivity index (χ1) is 7.11. The van der Waals surface area contributed by atoms with Crippen molar-refractivity contribution in [2.75, 3.05) is 5.75 Å². The molecular weight excluding hydrogens is 202 g/mol. The molecule has 1 aliphatic rings. The minimum Gasteiger partial charge on any atom is -0.296 e. The van der Waals surface area contributed by atoms with Crippen molar-refractivity contribution in [3.05, 3.63) is 35.4 Å². The Labute approximate surface area is 96.7 Å². The number of benzene rings is 1. The van der Waals surface area contributed by atoms with Gasteiger partial charge in [0, 0.05) is 11.3 Å². The molecule has 0 amide bonds. The lowest BCUT2D eigenvalue weighted by Crippen LogP contribution is -2.35. The van der Waals surface area contributed by atoms with Crippen LogP contribution in [0.25, 0.3) is 0 Å². The van der Waals surface area contributed by atoms with Crippen LogP contribution >= 0.6 is 11.8 Å². The highest BCUT2D eigenvalue weighted by Gasteiger charge is 2.31. The summed E-state index contributed by atoms with van der Waals surface area (Å²) in [5.74, 6) is 1.19. The number of hydrogen-bond donors (Lipinski definition) is 1. The molecule has 0 aromatic heterocycles. The molecule has 82 valence electrons. The Morgan fingerprint density at radius 2 is 2.00 bits per heavy atom. The van der Waals surface area contributed by atoms with E-state index in [0.717, 1.165) is 6.42 Å². The van der Waals surface area contributed by atoms with Crippen molar-refractivity contribution in [3.8, 4) is 0 Å². The Bertz CT molecular complexity index is 329. The van der Waals surface area contributed by atoms with Crippen molar-refractivity contribution in [2.45, 2.75) is 38.1 Å². The van der Waals surface area contributed by atoms with Crippen molar-refractivity contribution in [1.29, 1.82) is 0 Å². The lowest BCUT2D eigenvalue weighted by molar-refractivity contribution is 0.452. The molecule has 2 rings (SSSR count). The maximum absolute atomic E-state index is 3.65. The average molecular weight is 221 g/mol. The molecule has 1 aromatic carbocycles. The van der Waals surface area contributed by atoms with E-state index in [2.05, 4.69) is 50.4 Å². The minimum atomic E-state index is 0.277.